The van der Waals surface area contributed by atoms with Crippen molar-refractivity contribution < 1.29 is 0 Å². The lowest BCUT2D eigenvalue weighted by Gasteiger charge is -2.14. The average molecular weight is 199 g/mol. The molecule has 1 N–H and O–H groups in total. The van der Waals surface area contributed by atoms with Crippen LogP contribution in [0.5, 0.6) is 0 Å². The summed E-state index contributed by atoms with van der Waals surface area (Å²) < 4.78 is 0. The third-order valence-corrected chi connectivity index (χ3v) is 3.22. The van der Waals surface area contributed by atoms with Crippen LogP contribution in [0.1, 0.15) is 59.3 Å². The molecule has 0 aromatic rings. The Bertz CT molecular complexity index is 110. The molecule has 1 heteroatoms. The summed E-state index contributed by atoms with van der Waals surface area (Å²) in [7, 11) is 2.03. The van der Waals surface area contributed by atoms with Crippen LogP contribution < -0.4 is 5.32 Å². The Labute approximate surface area is 90.7 Å². The molecule has 0 rings (SSSR count). The molecule has 0 saturated carbocycles. The quantitative estimate of drug-likeness (QED) is 0.556. The van der Waals surface area contributed by atoms with Gasteiger partial charge in [0.15, 0.2) is 0 Å². The highest BCUT2D eigenvalue weighted by Crippen LogP contribution is 2.18. The van der Waals surface area contributed by atoms with Crippen LogP contribution in [0.25, 0.3) is 0 Å². The first-order valence-corrected chi connectivity index (χ1v) is 6.33. The number of nitrogens with one attached hydrogen (secondary N) is 1. The third-order valence-electron chi connectivity index (χ3n) is 3.22. The summed E-state index contributed by atoms with van der Waals surface area (Å²) in [5.41, 5.74) is 0. The van der Waals surface area contributed by atoms with Gasteiger partial charge in [-0.3, -0.25) is 0 Å². The fraction of sp³-hybridized carbons (Fsp3) is 1.00. The van der Waals surface area contributed by atoms with Gasteiger partial charge in [-0.2, -0.15) is 0 Å². The van der Waals surface area contributed by atoms with E-state index in [1.807, 2.05) is 7.05 Å². The van der Waals surface area contributed by atoms with Crippen LogP contribution >= 0.6 is 0 Å². The highest BCUT2D eigenvalue weighted by atomic mass is 14.8. The fourth-order valence-corrected chi connectivity index (χ4v) is 1.63. The third kappa shape index (κ3) is 8.55. The number of hydrogen-bond acceptors (Lipinski definition) is 1. The predicted octanol–water partition coefficient (Wildman–Crippen LogP) is 3.84. The van der Waals surface area contributed by atoms with Crippen LogP contribution in [-0.4, -0.2) is 13.6 Å². The van der Waals surface area contributed by atoms with Crippen LogP contribution in [0, 0.1) is 11.8 Å². The molecule has 0 aromatic heterocycles. The molecule has 1 atom stereocenters. The molecule has 0 saturated heterocycles. The summed E-state index contributed by atoms with van der Waals surface area (Å²) in [6.07, 6.45) is 8.45. The first kappa shape index (κ1) is 14.0. The minimum atomic E-state index is 0.860. The minimum Gasteiger partial charge on any atom is -0.320 e. The van der Waals surface area contributed by atoms with Crippen molar-refractivity contribution in [2.75, 3.05) is 13.6 Å². The van der Waals surface area contributed by atoms with Crippen molar-refractivity contribution >= 4 is 0 Å². The van der Waals surface area contributed by atoms with E-state index in [0.717, 1.165) is 11.8 Å². The molecule has 0 aliphatic rings. The van der Waals surface area contributed by atoms with Crippen molar-refractivity contribution in [1.82, 2.24) is 5.32 Å². The van der Waals surface area contributed by atoms with Crippen LogP contribution in [0.4, 0.5) is 0 Å². The first-order valence-electron chi connectivity index (χ1n) is 6.33. The van der Waals surface area contributed by atoms with Crippen molar-refractivity contribution in [2.24, 2.45) is 11.8 Å². The van der Waals surface area contributed by atoms with Crippen molar-refractivity contribution in [3.8, 4) is 0 Å². The molecule has 0 amide bonds. The summed E-state index contributed by atoms with van der Waals surface area (Å²) in [4.78, 5) is 0. The summed E-state index contributed by atoms with van der Waals surface area (Å²) in [6, 6.07) is 0. The van der Waals surface area contributed by atoms with E-state index in [-0.39, 0.29) is 0 Å². The Morgan fingerprint density at radius 1 is 0.857 bits per heavy atom. The number of unbranched alkanes of at least 4 members (excludes halogenated alkanes) is 4. The van der Waals surface area contributed by atoms with Gasteiger partial charge in [-0.25, -0.2) is 0 Å². The molecule has 0 aliphatic heterocycles. The summed E-state index contributed by atoms with van der Waals surface area (Å²) in [6.45, 7) is 8.23. The van der Waals surface area contributed by atoms with Gasteiger partial charge in [-0.1, -0.05) is 52.9 Å². The molecule has 0 spiro atoms. The monoisotopic (exact) mass is 199 g/mol. The molecule has 14 heavy (non-hydrogen) atoms. The SMILES string of the molecule is CNCCCCCCCC(C)C(C)C. The van der Waals surface area contributed by atoms with Crippen molar-refractivity contribution in [1.29, 1.82) is 0 Å². The van der Waals surface area contributed by atoms with E-state index in [2.05, 4.69) is 26.1 Å². The largest absolute Gasteiger partial charge is 0.320 e. The lowest BCUT2D eigenvalue weighted by Crippen LogP contribution is -2.07. The van der Waals surface area contributed by atoms with Gasteiger partial charge in [0.25, 0.3) is 0 Å². The van der Waals surface area contributed by atoms with Gasteiger partial charge in [0, 0.05) is 0 Å². The van der Waals surface area contributed by atoms with Crippen molar-refractivity contribution in [3.05, 3.63) is 0 Å². The summed E-state index contributed by atoms with van der Waals surface area (Å²) in [5.74, 6) is 1.77. The Kier molecular flexibility index (Phi) is 9.49. The van der Waals surface area contributed by atoms with Crippen LogP contribution in [0.15, 0.2) is 0 Å². The molecular formula is C13H29N. The Balaban J connectivity index is 3.06. The molecule has 0 radical (unpaired) electrons. The standard InChI is InChI=1S/C13H29N/c1-12(2)13(3)10-8-6-5-7-9-11-14-4/h12-14H,5-11H2,1-4H3. The van der Waals surface area contributed by atoms with Crippen LogP contribution in [-0.2, 0) is 0 Å². The van der Waals surface area contributed by atoms with Crippen molar-refractivity contribution in [2.45, 2.75) is 59.3 Å². The molecule has 0 aliphatic carbocycles. The van der Waals surface area contributed by atoms with E-state index in [9.17, 15) is 0 Å². The predicted molar refractivity (Wildman–Crippen MR) is 65.6 cm³/mol. The molecule has 1 unspecified atom stereocenters. The molecular weight excluding hydrogens is 170 g/mol. The molecule has 86 valence electrons. The van der Waals surface area contributed by atoms with E-state index in [4.69, 9.17) is 0 Å². The van der Waals surface area contributed by atoms with Crippen molar-refractivity contribution in [3.63, 3.8) is 0 Å². The normalized spacial score (nSPS) is 13.5. The maximum absolute atomic E-state index is 3.19. The lowest BCUT2D eigenvalue weighted by atomic mass is 9.92. The first-order chi connectivity index (χ1) is 6.68. The Morgan fingerprint density at radius 3 is 2.00 bits per heavy atom. The smallest absolute Gasteiger partial charge is 0.00519 e. The molecule has 0 bridgehead atoms. The Morgan fingerprint density at radius 2 is 1.43 bits per heavy atom. The van der Waals surface area contributed by atoms with E-state index in [1.54, 1.807) is 0 Å². The number of hydrogen-bond donors (Lipinski definition) is 1. The van der Waals surface area contributed by atoms with Crippen LogP contribution in [0.2, 0.25) is 0 Å². The van der Waals surface area contributed by atoms with Gasteiger partial charge >= 0.3 is 0 Å². The lowest BCUT2D eigenvalue weighted by molar-refractivity contribution is 0.374. The molecule has 0 heterocycles. The topological polar surface area (TPSA) is 12.0 Å². The van der Waals surface area contributed by atoms with Gasteiger partial charge in [0.1, 0.15) is 0 Å². The van der Waals surface area contributed by atoms with E-state index < -0.39 is 0 Å². The second-order valence-electron chi connectivity index (χ2n) is 4.88. The molecule has 0 aromatic carbocycles. The highest BCUT2D eigenvalue weighted by molar-refractivity contribution is 4.57. The second kappa shape index (κ2) is 9.51. The summed E-state index contributed by atoms with van der Waals surface area (Å²) in [5, 5.41) is 3.19. The zero-order valence-electron chi connectivity index (χ0n) is 10.6. The van der Waals surface area contributed by atoms with Crippen LogP contribution in [0.3, 0.4) is 0 Å². The van der Waals surface area contributed by atoms with E-state index >= 15 is 0 Å². The van der Waals surface area contributed by atoms with E-state index in [1.165, 1.54) is 45.1 Å². The number of rotatable bonds is 9. The minimum absolute atomic E-state index is 0.860. The average Bonchev–Trinajstić information content (AvgIpc) is 2.16. The molecule has 1 nitrogen and oxygen atoms in total. The summed E-state index contributed by atoms with van der Waals surface area (Å²) >= 11 is 0. The second-order valence-corrected chi connectivity index (χ2v) is 4.88. The molecule has 0 fully saturated rings. The van der Waals surface area contributed by atoms with Gasteiger partial charge in [0.05, 0.1) is 0 Å². The van der Waals surface area contributed by atoms with E-state index in [0.29, 0.717) is 0 Å². The van der Waals surface area contributed by atoms with Gasteiger partial charge < -0.3 is 5.32 Å². The van der Waals surface area contributed by atoms with Gasteiger partial charge in [0.2, 0.25) is 0 Å². The van der Waals surface area contributed by atoms with Gasteiger partial charge in [-0.15, -0.1) is 0 Å². The zero-order valence-corrected chi connectivity index (χ0v) is 10.6. The maximum atomic E-state index is 3.19. The zero-order chi connectivity index (χ0) is 10.8. The Hall–Kier alpha value is -0.0400. The fourth-order valence-electron chi connectivity index (χ4n) is 1.63. The van der Waals surface area contributed by atoms with Gasteiger partial charge in [-0.05, 0) is 31.8 Å². The highest BCUT2D eigenvalue weighted by Gasteiger charge is 2.05. The maximum Gasteiger partial charge on any atom is -0.00519 e.